The van der Waals surface area contributed by atoms with E-state index < -0.39 is 0 Å². The van der Waals surface area contributed by atoms with Crippen molar-refractivity contribution >= 4 is 17.7 Å². The monoisotopic (exact) mass is 374 g/mol. The fourth-order valence-electron chi connectivity index (χ4n) is 3.18. The molecule has 3 rings (SSSR count). The van der Waals surface area contributed by atoms with Crippen molar-refractivity contribution in [2.24, 2.45) is 5.73 Å². The SMILES string of the molecule is CC[C@@H](Sc1nnc(CCC(N)=O)n1C[C@@H]1CCCO1)c1ccccc1. The maximum atomic E-state index is 11.2. The molecular formula is C19H26N4O2S. The van der Waals surface area contributed by atoms with Gasteiger partial charge in [-0.1, -0.05) is 49.0 Å². The summed E-state index contributed by atoms with van der Waals surface area (Å²) in [5.41, 5.74) is 6.60. The normalized spacial score (nSPS) is 18.1. The topological polar surface area (TPSA) is 83.0 Å². The van der Waals surface area contributed by atoms with Crippen molar-refractivity contribution in [3.05, 3.63) is 41.7 Å². The fourth-order valence-corrected chi connectivity index (χ4v) is 4.29. The van der Waals surface area contributed by atoms with Crippen molar-refractivity contribution < 1.29 is 9.53 Å². The van der Waals surface area contributed by atoms with E-state index in [4.69, 9.17) is 10.5 Å². The average molecular weight is 375 g/mol. The zero-order valence-electron chi connectivity index (χ0n) is 15.1. The Morgan fingerprint density at radius 1 is 1.38 bits per heavy atom. The van der Waals surface area contributed by atoms with Gasteiger partial charge in [0.2, 0.25) is 5.91 Å². The van der Waals surface area contributed by atoms with Gasteiger partial charge in [-0.2, -0.15) is 0 Å². The molecule has 140 valence electrons. The second kappa shape index (κ2) is 9.19. The van der Waals surface area contributed by atoms with Gasteiger partial charge in [-0.15, -0.1) is 10.2 Å². The molecule has 0 aliphatic carbocycles. The largest absolute Gasteiger partial charge is 0.376 e. The highest BCUT2D eigenvalue weighted by Gasteiger charge is 2.23. The van der Waals surface area contributed by atoms with Crippen LogP contribution in [-0.4, -0.2) is 33.4 Å². The molecule has 1 aliphatic heterocycles. The van der Waals surface area contributed by atoms with Gasteiger partial charge in [-0.05, 0) is 24.8 Å². The van der Waals surface area contributed by atoms with Gasteiger partial charge in [0.25, 0.3) is 0 Å². The second-order valence-corrected chi connectivity index (χ2v) is 7.71. The Morgan fingerprint density at radius 2 is 2.19 bits per heavy atom. The van der Waals surface area contributed by atoms with E-state index in [9.17, 15) is 4.79 Å². The molecule has 0 bridgehead atoms. The summed E-state index contributed by atoms with van der Waals surface area (Å²) in [6.07, 6.45) is 4.12. The number of rotatable bonds is 9. The summed E-state index contributed by atoms with van der Waals surface area (Å²) >= 11 is 1.72. The maximum absolute atomic E-state index is 11.2. The number of nitrogens with two attached hydrogens (primary N) is 1. The van der Waals surface area contributed by atoms with Gasteiger partial charge < -0.3 is 15.0 Å². The van der Waals surface area contributed by atoms with Crippen LogP contribution in [0.4, 0.5) is 0 Å². The Kier molecular flexibility index (Phi) is 6.68. The number of hydrogen-bond acceptors (Lipinski definition) is 5. The molecule has 0 spiro atoms. The Morgan fingerprint density at radius 3 is 2.85 bits per heavy atom. The van der Waals surface area contributed by atoms with Crippen LogP contribution in [0.1, 0.15) is 49.2 Å². The van der Waals surface area contributed by atoms with Crippen LogP contribution < -0.4 is 5.73 Å². The lowest BCUT2D eigenvalue weighted by Gasteiger charge is -2.18. The molecule has 7 heteroatoms. The molecule has 1 saturated heterocycles. The molecule has 2 atom stereocenters. The van der Waals surface area contributed by atoms with E-state index in [1.54, 1.807) is 11.8 Å². The van der Waals surface area contributed by atoms with Gasteiger partial charge in [-0.3, -0.25) is 4.79 Å². The number of nitrogens with zero attached hydrogens (tertiary/aromatic N) is 3. The highest BCUT2D eigenvalue weighted by molar-refractivity contribution is 7.99. The number of aryl methyl sites for hydroxylation is 1. The summed E-state index contributed by atoms with van der Waals surface area (Å²) in [6, 6.07) is 10.5. The van der Waals surface area contributed by atoms with E-state index in [-0.39, 0.29) is 18.4 Å². The van der Waals surface area contributed by atoms with Crippen molar-refractivity contribution in [2.45, 2.75) is 62.1 Å². The molecule has 2 heterocycles. The average Bonchev–Trinajstić information content (AvgIpc) is 3.29. The number of benzene rings is 1. The van der Waals surface area contributed by atoms with Crippen LogP contribution in [0.5, 0.6) is 0 Å². The molecule has 6 nitrogen and oxygen atoms in total. The number of carbonyl (C=O) groups excluding carboxylic acids is 1. The van der Waals surface area contributed by atoms with Crippen LogP contribution >= 0.6 is 11.8 Å². The van der Waals surface area contributed by atoms with Gasteiger partial charge in [0.05, 0.1) is 12.6 Å². The molecule has 1 aromatic heterocycles. The predicted molar refractivity (Wildman–Crippen MR) is 102 cm³/mol. The van der Waals surface area contributed by atoms with Crippen LogP contribution in [0.2, 0.25) is 0 Å². The van der Waals surface area contributed by atoms with Crippen molar-refractivity contribution in [1.29, 1.82) is 0 Å². The molecule has 2 N–H and O–H groups in total. The molecule has 0 unspecified atom stereocenters. The highest BCUT2D eigenvalue weighted by atomic mass is 32.2. The first-order valence-corrected chi connectivity index (χ1v) is 10.1. The minimum Gasteiger partial charge on any atom is -0.376 e. The number of primary amides is 1. The van der Waals surface area contributed by atoms with Crippen molar-refractivity contribution in [3.63, 3.8) is 0 Å². The Labute approximate surface area is 158 Å². The lowest BCUT2D eigenvalue weighted by Crippen LogP contribution is -2.19. The van der Waals surface area contributed by atoms with Crippen LogP contribution in [-0.2, 0) is 22.5 Å². The molecule has 0 radical (unpaired) electrons. The minimum absolute atomic E-state index is 0.189. The molecule has 2 aromatic rings. The number of aromatic nitrogens is 3. The van der Waals surface area contributed by atoms with E-state index in [0.717, 1.165) is 43.4 Å². The van der Waals surface area contributed by atoms with Crippen molar-refractivity contribution in [1.82, 2.24) is 14.8 Å². The van der Waals surface area contributed by atoms with E-state index in [1.165, 1.54) is 5.56 Å². The highest BCUT2D eigenvalue weighted by Crippen LogP contribution is 2.37. The molecular weight excluding hydrogens is 348 g/mol. The zero-order chi connectivity index (χ0) is 18.4. The Hall–Kier alpha value is -1.86. The first kappa shape index (κ1) is 18.9. The quantitative estimate of drug-likeness (QED) is 0.682. The van der Waals surface area contributed by atoms with Gasteiger partial charge >= 0.3 is 0 Å². The molecule has 1 aromatic carbocycles. The first-order valence-electron chi connectivity index (χ1n) is 9.21. The summed E-state index contributed by atoms with van der Waals surface area (Å²) in [4.78, 5) is 11.2. The third kappa shape index (κ3) is 4.86. The van der Waals surface area contributed by atoms with Crippen molar-refractivity contribution in [3.8, 4) is 0 Å². The van der Waals surface area contributed by atoms with Gasteiger partial charge in [0.15, 0.2) is 5.16 Å². The Balaban J connectivity index is 1.81. The van der Waals surface area contributed by atoms with E-state index in [1.807, 2.05) is 6.07 Å². The number of thioether (sulfide) groups is 1. The van der Waals surface area contributed by atoms with E-state index in [0.29, 0.717) is 11.7 Å². The van der Waals surface area contributed by atoms with Crippen LogP contribution in [0.3, 0.4) is 0 Å². The lowest BCUT2D eigenvalue weighted by atomic mass is 10.1. The van der Waals surface area contributed by atoms with Crippen LogP contribution in [0.25, 0.3) is 0 Å². The third-order valence-corrected chi connectivity index (χ3v) is 5.99. The van der Waals surface area contributed by atoms with E-state index >= 15 is 0 Å². The minimum atomic E-state index is -0.318. The molecule has 0 saturated carbocycles. The maximum Gasteiger partial charge on any atom is 0.217 e. The van der Waals surface area contributed by atoms with Crippen molar-refractivity contribution in [2.75, 3.05) is 6.61 Å². The van der Waals surface area contributed by atoms with Gasteiger partial charge in [-0.25, -0.2) is 0 Å². The third-order valence-electron chi connectivity index (χ3n) is 4.59. The number of ether oxygens (including phenoxy) is 1. The number of carbonyl (C=O) groups is 1. The summed E-state index contributed by atoms with van der Waals surface area (Å²) in [5.74, 6) is 0.492. The lowest BCUT2D eigenvalue weighted by molar-refractivity contribution is -0.118. The molecule has 1 fully saturated rings. The number of amides is 1. The standard InChI is InChI=1S/C19H26N4O2S/c1-2-16(14-7-4-3-5-8-14)26-19-22-21-18(11-10-17(20)24)23(19)13-15-9-6-12-25-15/h3-5,7-8,15-16H,2,6,9-13H2,1H3,(H2,20,24)/t15-,16+/m0/s1. The zero-order valence-corrected chi connectivity index (χ0v) is 16.0. The Bertz CT molecular complexity index is 714. The molecule has 1 aliphatic rings. The summed E-state index contributed by atoms with van der Waals surface area (Å²) < 4.78 is 7.92. The summed E-state index contributed by atoms with van der Waals surface area (Å²) in [6.45, 7) is 3.72. The second-order valence-electron chi connectivity index (χ2n) is 6.54. The smallest absolute Gasteiger partial charge is 0.217 e. The van der Waals surface area contributed by atoms with Crippen LogP contribution in [0.15, 0.2) is 35.5 Å². The summed E-state index contributed by atoms with van der Waals surface area (Å²) in [7, 11) is 0. The fraction of sp³-hybridized carbons (Fsp3) is 0.526. The van der Waals surface area contributed by atoms with E-state index in [2.05, 4.69) is 46.0 Å². The van der Waals surface area contributed by atoms with Gasteiger partial charge in [0, 0.05) is 24.7 Å². The molecule has 1 amide bonds. The first-order chi connectivity index (χ1) is 12.7. The van der Waals surface area contributed by atoms with Gasteiger partial charge in [0.1, 0.15) is 5.82 Å². The number of hydrogen-bond donors (Lipinski definition) is 1. The summed E-state index contributed by atoms with van der Waals surface area (Å²) in [5, 5.41) is 9.96. The van der Waals surface area contributed by atoms with Crippen LogP contribution in [0, 0.1) is 0 Å². The predicted octanol–water partition coefficient (Wildman–Crippen LogP) is 3.12. The molecule has 26 heavy (non-hydrogen) atoms.